The molecule has 1 aliphatic rings. The summed E-state index contributed by atoms with van der Waals surface area (Å²) < 4.78 is 55.5. The number of aromatic nitrogens is 2. The van der Waals surface area contributed by atoms with Crippen LogP contribution in [0.15, 0.2) is 134 Å². The van der Waals surface area contributed by atoms with Crippen LogP contribution in [-0.2, 0) is 16.7 Å². The molecule has 0 radical (unpaired) electrons. The summed E-state index contributed by atoms with van der Waals surface area (Å²) in [6, 6.07) is 34.3. The molecule has 0 saturated heterocycles. The lowest BCUT2D eigenvalue weighted by Gasteiger charge is -2.22. The summed E-state index contributed by atoms with van der Waals surface area (Å²) in [5, 5.41) is 12.5. The lowest BCUT2D eigenvalue weighted by atomic mass is 10.0. The quantitative estimate of drug-likeness (QED) is 0.109. The van der Waals surface area contributed by atoms with Gasteiger partial charge in [0.1, 0.15) is 23.2 Å². The van der Waals surface area contributed by atoms with Crippen LogP contribution in [0.4, 0.5) is 4.39 Å². The number of aromatic hydroxyl groups is 1. The van der Waals surface area contributed by atoms with Crippen molar-refractivity contribution in [1.82, 2.24) is 14.5 Å². The summed E-state index contributed by atoms with van der Waals surface area (Å²) in [7, 11) is -4.48. The number of imide groups is 1. The van der Waals surface area contributed by atoms with Gasteiger partial charge in [0.2, 0.25) is 5.88 Å². The molecule has 264 valence electrons. The molecule has 10 nitrogen and oxygen atoms in total. The number of carbonyl (C=O) groups is 2. The molecule has 0 spiro atoms. The van der Waals surface area contributed by atoms with Gasteiger partial charge in [-0.3, -0.25) is 19.5 Å². The van der Waals surface area contributed by atoms with Crippen LogP contribution in [0.1, 0.15) is 43.5 Å². The number of nitrogens with zero attached hydrogens (tertiary/aromatic N) is 3. The smallest absolute Gasteiger partial charge is 0.311 e. The second kappa shape index (κ2) is 13.5. The molecule has 3 heterocycles. The van der Waals surface area contributed by atoms with E-state index in [2.05, 4.69) is 4.98 Å². The van der Waals surface area contributed by atoms with Crippen LogP contribution in [0.25, 0.3) is 21.7 Å². The number of fused-ring (bicyclic) bond motifs is 3. The molecule has 1 aliphatic heterocycles. The normalized spacial score (nSPS) is 12.9. The van der Waals surface area contributed by atoms with Gasteiger partial charge in [-0.25, -0.2) is 4.39 Å². The summed E-state index contributed by atoms with van der Waals surface area (Å²) in [6.45, 7) is -0.349. The van der Waals surface area contributed by atoms with E-state index in [4.69, 9.17) is 8.92 Å². The van der Waals surface area contributed by atoms with Crippen LogP contribution < -0.4 is 8.92 Å². The van der Waals surface area contributed by atoms with E-state index in [1.54, 1.807) is 42.6 Å². The fourth-order valence-corrected chi connectivity index (χ4v) is 7.53. The maximum atomic E-state index is 13.8. The fraction of sp³-hybridized carbons (Fsp3) is 0.0976. The van der Waals surface area contributed by atoms with Gasteiger partial charge in [0.15, 0.2) is 11.5 Å². The van der Waals surface area contributed by atoms with E-state index in [-0.39, 0.29) is 56.7 Å². The Labute approximate surface area is 303 Å². The number of rotatable bonds is 11. The first-order valence-electron chi connectivity index (χ1n) is 16.7. The Hall–Kier alpha value is -6.53. The van der Waals surface area contributed by atoms with Gasteiger partial charge in [-0.05, 0) is 53.1 Å². The van der Waals surface area contributed by atoms with Crippen LogP contribution in [0.5, 0.6) is 17.4 Å². The molecular formula is C41H30FN3O7S. The standard InChI is InChI=1S/C41H30FN3O7S/c42-29-19-17-26(18-20-29)24-44-25-33-34(41(44)48)38(51-36(27-10-3-1-4-11-27)28-12-5-2-6-13-28)35-32(16-9-21-43-35)37(33)52-53(49,50)23-22-45-39(46)30-14-7-8-15-31(30)40(45)47/h1-21,25,36,48H,22-24H2. The zero-order chi connectivity index (χ0) is 36.7. The molecule has 0 atom stereocenters. The Morgan fingerprint density at radius 3 is 1.96 bits per heavy atom. The number of halogens is 1. The van der Waals surface area contributed by atoms with E-state index < -0.39 is 46.2 Å². The first-order valence-corrected chi connectivity index (χ1v) is 18.3. The van der Waals surface area contributed by atoms with Crippen molar-refractivity contribution in [2.75, 3.05) is 12.3 Å². The highest BCUT2D eigenvalue weighted by Crippen LogP contribution is 2.49. The summed E-state index contributed by atoms with van der Waals surface area (Å²) in [5.41, 5.74) is 2.92. The Balaban J connectivity index is 1.25. The Bertz CT molecular complexity index is 2560. The number of carbonyl (C=O) groups excluding carboxylic acids is 2. The minimum Gasteiger partial charge on any atom is -0.494 e. The molecule has 0 fully saturated rings. The molecule has 53 heavy (non-hydrogen) atoms. The van der Waals surface area contributed by atoms with Crippen LogP contribution >= 0.6 is 0 Å². The van der Waals surface area contributed by atoms with Crippen molar-refractivity contribution in [3.05, 3.63) is 167 Å². The van der Waals surface area contributed by atoms with Crippen LogP contribution in [0.3, 0.4) is 0 Å². The zero-order valence-corrected chi connectivity index (χ0v) is 28.7. The second-order valence-corrected chi connectivity index (χ2v) is 14.2. The minimum absolute atomic E-state index is 0.0940. The monoisotopic (exact) mass is 727 g/mol. The van der Waals surface area contributed by atoms with Crippen LogP contribution in [-0.4, -0.2) is 52.1 Å². The van der Waals surface area contributed by atoms with E-state index in [9.17, 15) is 27.5 Å². The summed E-state index contributed by atoms with van der Waals surface area (Å²) in [6.07, 6.45) is 2.40. The summed E-state index contributed by atoms with van der Waals surface area (Å²) in [4.78, 5) is 31.4. The third-order valence-electron chi connectivity index (χ3n) is 9.15. The molecule has 0 bridgehead atoms. The van der Waals surface area contributed by atoms with Crippen molar-refractivity contribution in [3.8, 4) is 17.4 Å². The molecule has 2 aromatic heterocycles. The number of pyridine rings is 1. The van der Waals surface area contributed by atoms with Gasteiger partial charge >= 0.3 is 10.1 Å². The number of amides is 2. The highest BCUT2D eigenvalue weighted by atomic mass is 32.2. The molecule has 5 aromatic carbocycles. The third-order valence-corrected chi connectivity index (χ3v) is 10.3. The number of hydrogen-bond acceptors (Lipinski definition) is 8. The SMILES string of the molecule is O=C1c2ccccc2C(=O)N1CCS(=O)(=O)Oc1c2cccnc2c(OC(c2ccccc2)c2ccccc2)c2c(O)n(Cc3ccc(F)cc3)cc12. The highest BCUT2D eigenvalue weighted by Gasteiger charge is 2.36. The maximum absolute atomic E-state index is 13.8. The Morgan fingerprint density at radius 1 is 0.736 bits per heavy atom. The lowest BCUT2D eigenvalue weighted by molar-refractivity contribution is 0.0663. The molecule has 8 rings (SSSR count). The van der Waals surface area contributed by atoms with E-state index in [0.717, 1.165) is 16.0 Å². The number of hydrogen-bond donors (Lipinski definition) is 1. The zero-order valence-electron chi connectivity index (χ0n) is 27.9. The second-order valence-electron chi connectivity index (χ2n) is 12.5. The maximum Gasteiger partial charge on any atom is 0.311 e. The van der Waals surface area contributed by atoms with Crippen molar-refractivity contribution in [2.24, 2.45) is 0 Å². The average Bonchev–Trinajstić information content (AvgIpc) is 3.63. The number of benzene rings is 5. The molecule has 0 saturated carbocycles. The molecule has 7 aromatic rings. The van der Waals surface area contributed by atoms with E-state index in [1.807, 2.05) is 60.7 Å². The molecule has 0 aliphatic carbocycles. The van der Waals surface area contributed by atoms with E-state index >= 15 is 0 Å². The van der Waals surface area contributed by atoms with Gasteiger partial charge in [-0.1, -0.05) is 84.9 Å². The van der Waals surface area contributed by atoms with Crippen molar-refractivity contribution in [1.29, 1.82) is 0 Å². The lowest BCUT2D eigenvalue weighted by Crippen LogP contribution is -2.35. The largest absolute Gasteiger partial charge is 0.494 e. The highest BCUT2D eigenvalue weighted by molar-refractivity contribution is 7.87. The predicted octanol–water partition coefficient (Wildman–Crippen LogP) is 7.26. The molecular weight excluding hydrogens is 698 g/mol. The van der Waals surface area contributed by atoms with Gasteiger partial charge in [0.25, 0.3) is 11.8 Å². The molecule has 1 N–H and O–H groups in total. The molecule has 12 heteroatoms. The van der Waals surface area contributed by atoms with Crippen LogP contribution in [0, 0.1) is 5.82 Å². The van der Waals surface area contributed by atoms with E-state index in [1.165, 1.54) is 35.0 Å². The van der Waals surface area contributed by atoms with Crippen molar-refractivity contribution >= 4 is 43.6 Å². The summed E-state index contributed by atoms with van der Waals surface area (Å²) in [5.74, 6) is -2.51. The first kappa shape index (κ1) is 33.6. The average molecular weight is 728 g/mol. The van der Waals surface area contributed by atoms with Gasteiger partial charge < -0.3 is 18.6 Å². The van der Waals surface area contributed by atoms with Gasteiger partial charge in [-0.2, -0.15) is 8.42 Å². The van der Waals surface area contributed by atoms with Crippen LogP contribution in [0.2, 0.25) is 0 Å². The topological polar surface area (TPSA) is 128 Å². The third kappa shape index (κ3) is 6.33. The van der Waals surface area contributed by atoms with Crippen molar-refractivity contribution < 1.29 is 36.4 Å². The first-order chi connectivity index (χ1) is 25.7. The van der Waals surface area contributed by atoms with Crippen molar-refractivity contribution in [2.45, 2.75) is 12.6 Å². The summed E-state index contributed by atoms with van der Waals surface area (Å²) >= 11 is 0. The van der Waals surface area contributed by atoms with Gasteiger partial charge in [0.05, 0.1) is 28.4 Å². The Morgan fingerprint density at radius 2 is 1.34 bits per heavy atom. The predicted molar refractivity (Wildman–Crippen MR) is 196 cm³/mol. The van der Waals surface area contributed by atoms with Crippen molar-refractivity contribution in [3.63, 3.8) is 0 Å². The molecule has 2 amide bonds. The van der Waals surface area contributed by atoms with E-state index in [0.29, 0.717) is 5.56 Å². The number of ether oxygens (including phenoxy) is 1. The molecule has 0 unspecified atom stereocenters. The van der Waals surface area contributed by atoms with Gasteiger partial charge in [-0.15, -0.1) is 0 Å². The Kier molecular flexibility index (Phi) is 8.59. The fourth-order valence-electron chi connectivity index (χ4n) is 6.60. The van der Waals surface area contributed by atoms with Gasteiger partial charge in [0, 0.05) is 24.3 Å². The minimum atomic E-state index is -4.48.